The van der Waals surface area contributed by atoms with Crippen molar-refractivity contribution in [3.8, 4) is 0 Å². The summed E-state index contributed by atoms with van der Waals surface area (Å²) < 4.78 is 0. The van der Waals surface area contributed by atoms with Crippen molar-refractivity contribution in [3.63, 3.8) is 0 Å². The molecular formula is C10H8N8O. The number of azide groups is 1. The maximum Gasteiger partial charge on any atom is 0.271 e. The highest BCUT2D eigenvalue weighted by Crippen LogP contribution is 2.30. The fraction of sp³-hybridized carbons (Fsp3) is 0.200. The zero-order chi connectivity index (χ0) is 13.9. The molecule has 0 N–H and O–H groups in total. The van der Waals surface area contributed by atoms with Crippen LogP contribution in [0.3, 0.4) is 0 Å². The van der Waals surface area contributed by atoms with Crippen LogP contribution in [0.4, 0.5) is 5.69 Å². The smallest absolute Gasteiger partial charge is 0.271 e. The van der Waals surface area contributed by atoms with Crippen molar-refractivity contribution >= 4 is 17.3 Å². The first-order valence-corrected chi connectivity index (χ1v) is 5.23. The predicted molar refractivity (Wildman–Crippen MR) is 68.1 cm³/mol. The zero-order valence-corrected chi connectivity index (χ0v) is 9.87. The molecule has 0 saturated carbocycles. The van der Waals surface area contributed by atoms with E-state index in [0.29, 0.717) is 5.69 Å². The third-order valence-electron chi connectivity index (χ3n) is 2.62. The Morgan fingerprint density at radius 2 is 1.79 bits per heavy atom. The van der Waals surface area contributed by atoms with Gasteiger partial charge >= 0.3 is 0 Å². The van der Waals surface area contributed by atoms with Crippen LogP contribution < -0.4 is 5.01 Å². The molecule has 0 saturated heterocycles. The average molecular weight is 256 g/mol. The van der Waals surface area contributed by atoms with Crippen LogP contribution in [-0.2, 0) is 4.79 Å². The van der Waals surface area contributed by atoms with Crippen molar-refractivity contribution in [2.75, 3.05) is 5.01 Å². The number of amides is 1. The molecule has 9 heteroatoms. The summed E-state index contributed by atoms with van der Waals surface area (Å²) in [4.78, 5) is 17.4. The summed E-state index contributed by atoms with van der Waals surface area (Å²) >= 11 is 0. The van der Waals surface area contributed by atoms with Gasteiger partial charge in [0.25, 0.3) is 5.91 Å². The number of carbonyl (C=O) groups is 1. The molecule has 9 nitrogen and oxygen atoms in total. The number of hydrogen-bond donors (Lipinski definition) is 0. The number of hydrazone groups is 1. The van der Waals surface area contributed by atoms with Crippen LogP contribution >= 0.6 is 0 Å². The molecule has 19 heavy (non-hydrogen) atoms. The normalized spacial score (nSPS) is 21.4. The first kappa shape index (κ1) is 12.4. The topological polar surface area (TPSA) is 130 Å². The Morgan fingerprint density at radius 1 is 1.21 bits per heavy atom. The van der Waals surface area contributed by atoms with Gasteiger partial charge in [-0.15, -0.1) is 0 Å². The molecule has 0 unspecified atom stereocenters. The van der Waals surface area contributed by atoms with Gasteiger partial charge in [-0.2, -0.15) is 10.1 Å². The van der Waals surface area contributed by atoms with Crippen molar-refractivity contribution in [2.24, 2.45) is 15.3 Å². The molecule has 0 aromatic heterocycles. The van der Waals surface area contributed by atoms with Crippen molar-refractivity contribution < 1.29 is 4.79 Å². The van der Waals surface area contributed by atoms with E-state index in [-0.39, 0.29) is 5.71 Å². The lowest BCUT2D eigenvalue weighted by molar-refractivity contribution is -0.120. The van der Waals surface area contributed by atoms with E-state index in [9.17, 15) is 4.79 Å². The monoisotopic (exact) mass is 256 g/mol. The molecule has 1 aliphatic rings. The second kappa shape index (κ2) is 4.69. The summed E-state index contributed by atoms with van der Waals surface area (Å²) in [5.41, 5.74) is 15.8. The lowest BCUT2D eigenvalue weighted by Gasteiger charge is -2.17. The van der Waals surface area contributed by atoms with Gasteiger partial charge in [0.2, 0.25) is 5.66 Å². The van der Waals surface area contributed by atoms with Gasteiger partial charge in [-0.05, 0) is 30.1 Å². The Labute approximate surface area is 107 Å². The quantitative estimate of drug-likeness (QED) is 0.459. The summed E-state index contributed by atoms with van der Waals surface area (Å²) in [6, 6.07) is 8.58. The molecule has 0 radical (unpaired) electrons. The van der Waals surface area contributed by atoms with Crippen molar-refractivity contribution in [2.45, 2.75) is 12.6 Å². The highest BCUT2D eigenvalue weighted by Gasteiger charge is 2.49. The lowest BCUT2D eigenvalue weighted by atomic mass is 10.1. The van der Waals surface area contributed by atoms with Crippen LogP contribution in [-0.4, -0.2) is 17.3 Å². The van der Waals surface area contributed by atoms with Gasteiger partial charge in [0.15, 0.2) is 0 Å². The number of carbonyl (C=O) groups excluding carboxylic acids is 1. The van der Waals surface area contributed by atoms with Gasteiger partial charge in [0, 0.05) is 9.82 Å². The van der Waals surface area contributed by atoms with E-state index in [1.165, 1.54) is 6.92 Å². The van der Waals surface area contributed by atoms with Gasteiger partial charge in [-0.1, -0.05) is 28.4 Å². The number of benzene rings is 1. The van der Waals surface area contributed by atoms with Crippen LogP contribution in [0, 0.1) is 0 Å². The van der Waals surface area contributed by atoms with E-state index in [4.69, 9.17) is 11.1 Å². The average Bonchev–Trinajstić information content (AvgIpc) is 2.66. The number of hydrogen-bond acceptors (Lipinski definition) is 4. The first-order valence-electron chi connectivity index (χ1n) is 5.23. The van der Waals surface area contributed by atoms with Gasteiger partial charge in [-0.3, -0.25) is 4.79 Å². The maximum atomic E-state index is 12.3. The van der Waals surface area contributed by atoms with Crippen LogP contribution in [0.1, 0.15) is 6.92 Å². The van der Waals surface area contributed by atoms with Crippen LogP contribution in [0.2, 0.25) is 0 Å². The molecule has 0 aliphatic carbocycles. The molecule has 0 spiro atoms. The Bertz CT molecular complexity index is 621. The fourth-order valence-electron chi connectivity index (χ4n) is 1.69. The minimum atomic E-state index is -1.96. The lowest BCUT2D eigenvalue weighted by Crippen LogP contribution is -2.41. The number of anilines is 1. The standard InChI is InChI=1S/C10H8N8O/c1-7-10(14-16-11,15-17-12)9(19)18(13-7)8-5-3-2-4-6-8/h2-6H,1H3. The van der Waals surface area contributed by atoms with Gasteiger partial charge in [0.1, 0.15) is 0 Å². The van der Waals surface area contributed by atoms with E-state index < -0.39 is 11.6 Å². The molecule has 0 bridgehead atoms. The Kier molecular flexibility index (Phi) is 3.07. The summed E-state index contributed by atoms with van der Waals surface area (Å²) in [5.74, 6) is -0.702. The largest absolute Gasteiger partial charge is 0.271 e. The van der Waals surface area contributed by atoms with Crippen LogP contribution in [0.15, 0.2) is 45.7 Å². The van der Waals surface area contributed by atoms with E-state index in [2.05, 4.69) is 25.2 Å². The zero-order valence-electron chi connectivity index (χ0n) is 9.87. The molecule has 0 fully saturated rings. The minimum absolute atomic E-state index is 0.122. The molecule has 1 heterocycles. The number of para-hydroxylation sites is 1. The summed E-state index contributed by atoms with van der Waals surface area (Å²) in [6.45, 7) is 1.46. The number of rotatable bonds is 3. The van der Waals surface area contributed by atoms with Gasteiger partial charge in [0.05, 0.1) is 11.4 Å². The Balaban J connectivity index is 2.54. The third kappa shape index (κ3) is 1.85. The summed E-state index contributed by atoms with van der Waals surface area (Å²) in [5, 5.41) is 11.7. The van der Waals surface area contributed by atoms with Gasteiger partial charge in [-0.25, -0.2) is 0 Å². The molecule has 0 atom stereocenters. The second-order valence-electron chi connectivity index (χ2n) is 3.69. The van der Waals surface area contributed by atoms with Crippen molar-refractivity contribution in [3.05, 3.63) is 51.2 Å². The van der Waals surface area contributed by atoms with Crippen LogP contribution in [0.5, 0.6) is 0 Å². The molecule has 1 amide bonds. The summed E-state index contributed by atoms with van der Waals surface area (Å²) in [7, 11) is 0. The minimum Gasteiger partial charge on any atom is -0.271 e. The second-order valence-corrected chi connectivity index (χ2v) is 3.69. The van der Waals surface area contributed by atoms with E-state index in [1.54, 1.807) is 30.3 Å². The molecule has 1 aromatic rings. The van der Waals surface area contributed by atoms with E-state index in [1.807, 2.05) is 0 Å². The first-order chi connectivity index (χ1) is 9.15. The SMILES string of the molecule is CC1=NN(c2ccccc2)C(=O)C1(N=[N+]=[N-])N=[N+]=[N-]. The fourth-order valence-corrected chi connectivity index (χ4v) is 1.69. The molecule has 94 valence electrons. The predicted octanol–water partition coefficient (Wildman–Crippen LogP) is 2.73. The van der Waals surface area contributed by atoms with E-state index >= 15 is 0 Å². The van der Waals surface area contributed by atoms with Gasteiger partial charge < -0.3 is 0 Å². The maximum absolute atomic E-state index is 12.3. The summed E-state index contributed by atoms with van der Waals surface area (Å²) in [6.07, 6.45) is 0. The van der Waals surface area contributed by atoms with Crippen molar-refractivity contribution in [1.29, 1.82) is 0 Å². The Morgan fingerprint density at radius 3 is 2.32 bits per heavy atom. The highest BCUT2D eigenvalue weighted by molar-refractivity contribution is 6.22. The van der Waals surface area contributed by atoms with E-state index in [0.717, 1.165) is 5.01 Å². The Hall–Kier alpha value is -3.02. The number of nitrogens with zero attached hydrogens (tertiary/aromatic N) is 8. The molecule has 1 aromatic carbocycles. The molecule has 1 aliphatic heterocycles. The molecule has 2 rings (SSSR count). The third-order valence-corrected chi connectivity index (χ3v) is 2.62. The van der Waals surface area contributed by atoms with Crippen LogP contribution in [0.25, 0.3) is 20.9 Å². The van der Waals surface area contributed by atoms with Crippen molar-refractivity contribution in [1.82, 2.24) is 0 Å². The molecular weight excluding hydrogens is 248 g/mol. The highest BCUT2D eigenvalue weighted by atomic mass is 16.2.